The minimum absolute atomic E-state index is 0.467. The SMILES string of the molecule is CC(NC(=S)NN)C1CC2CCC1C2. The molecule has 0 aromatic rings. The van der Waals surface area contributed by atoms with Crippen LogP contribution in [0.5, 0.6) is 0 Å². The van der Waals surface area contributed by atoms with Crippen molar-refractivity contribution in [1.82, 2.24) is 10.7 Å². The topological polar surface area (TPSA) is 50.1 Å². The maximum absolute atomic E-state index is 5.24. The first-order valence-electron chi connectivity index (χ1n) is 5.47. The van der Waals surface area contributed by atoms with Gasteiger partial charge in [0, 0.05) is 6.04 Å². The molecule has 4 unspecified atom stereocenters. The van der Waals surface area contributed by atoms with Gasteiger partial charge in [-0.15, -0.1) is 0 Å². The highest BCUT2D eigenvalue weighted by Crippen LogP contribution is 2.49. The van der Waals surface area contributed by atoms with Crippen LogP contribution in [0.4, 0.5) is 0 Å². The van der Waals surface area contributed by atoms with Crippen LogP contribution in [0.15, 0.2) is 0 Å². The third-order valence-corrected chi connectivity index (χ3v) is 4.16. The number of nitrogens with two attached hydrogens (primary N) is 1. The molecule has 3 nitrogen and oxygen atoms in total. The lowest BCUT2D eigenvalue weighted by molar-refractivity contribution is 0.278. The molecule has 0 aliphatic heterocycles. The average molecular weight is 213 g/mol. The first-order valence-corrected chi connectivity index (χ1v) is 5.88. The predicted octanol–water partition coefficient (Wildman–Crippen LogP) is 1.15. The molecule has 4 heteroatoms. The monoisotopic (exact) mass is 213 g/mol. The van der Waals surface area contributed by atoms with E-state index in [0.717, 1.165) is 17.8 Å². The Labute approximate surface area is 90.8 Å². The average Bonchev–Trinajstić information content (AvgIpc) is 2.78. The van der Waals surface area contributed by atoms with Crippen molar-refractivity contribution < 1.29 is 0 Å². The summed E-state index contributed by atoms with van der Waals surface area (Å²) >= 11 is 5.01. The van der Waals surface area contributed by atoms with Crippen LogP contribution in [-0.2, 0) is 0 Å². The normalized spacial score (nSPS) is 36.9. The minimum atomic E-state index is 0.467. The third kappa shape index (κ3) is 1.86. The molecule has 4 N–H and O–H groups in total. The van der Waals surface area contributed by atoms with Crippen LogP contribution in [0.1, 0.15) is 32.6 Å². The number of hydrazine groups is 1. The van der Waals surface area contributed by atoms with Gasteiger partial charge >= 0.3 is 0 Å². The van der Waals surface area contributed by atoms with E-state index in [1.807, 2.05) is 0 Å². The summed E-state index contributed by atoms with van der Waals surface area (Å²) in [6, 6.07) is 0.467. The van der Waals surface area contributed by atoms with Crippen molar-refractivity contribution in [3.63, 3.8) is 0 Å². The largest absolute Gasteiger partial charge is 0.359 e. The Balaban J connectivity index is 1.86. The van der Waals surface area contributed by atoms with E-state index in [1.165, 1.54) is 25.7 Å². The third-order valence-electron chi connectivity index (χ3n) is 3.92. The first kappa shape index (κ1) is 10.2. The molecule has 0 amide bonds. The number of hydrogen-bond donors (Lipinski definition) is 3. The lowest BCUT2D eigenvalue weighted by Crippen LogP contribution is -2.47. The maximum atomic E-state index is 5.24. The molecule has 2 bridgehead atoms. The maximum Gasteiger partial charge on any atom is 0.180 e. The van der Waals surface area contributed by atoms with E-state index in [-0.39, 0.29) is 0 Å². The van der Waals surface area contributed by atoms with Crippen molar-refractivity contribution in [2.75, 3.05) is 0 Å². The summed E-state index contributed by atoms with van der Waals surface area (Å²) in [5, 5.41) is 3.82. The molecule has 0 spiro atoms. The second kappa shape index (κ2) is 4.03. The standard InChI is InChI=1S/C10H19N3S/c1-6(12-10(14)13-11)9-5-7-2-3-8(9)4-7/h6-9H,2-5,11H2,1H3,(H2,12,13,14). The van der Waals surface area contributed by atoms with E-state index < -0.39 is 0 Å². The molecule has 2 saturated carbocycles. The second-order valence-electron chi connectivity index (χ2n) is 4.75. The Morgan fingerprint density at radius 1 is 1.43 bits per heavy atom. The highest BCUT2D eigenvalue weighted by molar-refractivity contribution is 7.80. The molecular formula is C10H19N3S. The number of thiocarbonyl (C=S) groups is 1. The van der Waals surface area contributed by atoms with Crippen molar-refractivity contribution >= 4 is 17.3 Å². The van der Waals surface area contributed by atoms with E-state index in [2.05, 4.69) is 17.7 Å². The van der Waals surface area contributed by atoms with Gasteiger partial charge in [0.2, 0.25) is 0 Å². The van der Waals surface area contributed by atoms with Gasteiger partial charge in [0.25, 0.3) is 0 Å². The fraction of sp³-hybridized carbons (Fsp3) is 0.900. The van der Waals surface area contributed by atoms with Crippen LogP contribution in [0, 0.1) is 17.8 Å². The Bertz CT molecular complexity index is 231. The van der Waals surface area contributed by atoms with Gasteiger partial charge in [-0.25, -0.2) is 5.84 Å². The van der Waals surface area contributed by atoms with Crippen molar-refractivity contribution in [3.8, 4) is 0 Å². The van der Waals surface area contributed by atoms with Crippen LogP contribution in [-0.4, -0.2) is 11.2 Å². The summed E-state index contributed by atoms with van der Waals surface area (Å²) in [6.45, 7) is 2.22. The van der Waals surface area contributed by atoms with Crippen molar-refractivity contribution in [2.24, 2.45) is 23.6 Å². The van der Waals surface area contributed by atoms with E-state index in [9.17, 15) is 0 Å². The number of hydrogen-bond acceptors (Lipinski definition) is 2. The fourth-order valence-corrected chi connectivity index (χ4v) is 3.45. The lowest BCUT2D eigenvalue weighted by atomic mass is 9.84. The molecule has 2 aliphatic rings. The Morgan fingerprint density at radius 3 is 2.71 bits per heavy atom. The van der Waals surface area contributed by atoms with E-state index >= 15 is 0 Å². The molecule has 2 aliphatic carbocycles. The molecule has 14 heavy (non-hydrogen) atoms. The van der Waals surface area contributed by atoms with Gasteiger partial charge in [0.15, 0.2) is 5.11 Å². The Morgan fingerprint density at radius 2 is 2.21 bits per heavy atom. The van der Waals surface area contributed by atoms with E-state index in [0.29, 0.717) is 11.2 Å². The van der Waals surface area contributed by atoms with Crippen LogP contribution in [0.3, 0.4) is 0 Å². The van der Waals surface area contributed by atoms with Gasteiger partial charge in [0.05, 0.1) is 0 Å². The first-order chi connectivity index (χ1) is 6.70. The molecule has 2 rings (SSSR count). The summed E-state index contributed by atoms with van der Waals surface area (Å²) in [6.07, 6.45) is 5.70. The number of fused-ring (bicyclic) bond motifs is 2. The van der Waals surface area contributed by atoms with Gasteiger partial charge in [-0.3, -0.25) is 0 Å². The highest BCUT2D eigenvalue weighted by Gasteiger charge is 2.41. The van der Waals surface area contributed by atoms with Gasteiger partial charge in [0.1, 0.15) is 0 Å². The zero-order chi connectivity index (χ0) is 10.1. The summed E-state index contributed by atoms with van der Waals surface area (Å²) in [4.78, 5) is 0. The van der Waals surface area contributed by atoms with Crippen LogP contribution in [0.25, 0.3) is 0 Å². The van der Waals surface area contributed by atoms with E-state index in [1.54, 1.807) is 0 Å². The van der Waals surface area contributed by atoms with Crippen LogP contribution < -0.4 is 16.6 Å². The fourth-order valence-electron chi connectivity index (χ4n) is 3.26. The van der Waals surface area contributed by atoms with Crippen molar-refractivity contribution in [2.45, 2.75) is 38.6 Å². The zero-order valence-electron chi connectivity index (χ0n) is 8.62. The summed E-state index contributed by atoms with van der Waals surface area (Å²) < 4.78 is 0. The summed E-state index contributed by atoms with van der Waals surface area (Å²) in [5.74, 6) is 7.97. The second-order valence-corrected chi connectivity index (χ2v) is 5.15. The van der Waals surface area contributed by atoms with Crippen LogP contribution in [0.2, 0.25) is 0 Å². The quantitative estimate of drug-likeness (QED) is 0.366. The number of rotatable bonds is 2. The minimum Gasteiger partial charge on any atom is -0.359 e. The number of nitrogens with one attached hydrogen (secondary N) is 2. The summed E-state index contributed by atoms with van der Waals surface area (Å²) in [5.41, 5.74) is 2.48. The molecule has 80 valence electrons. The molecule has 0 heterocycles. The van der Waals surface area contributed by atoms with Crippen molar-refractivity contribution in [3.05, 3.63) is 0 Å². The van der Waals surface area contributed by atoms with Crippen LogP contribution >= 0.6 is 12.2 Å². The molecule has 4 atom stereocenters. The lowest BCUT2D eigenvalue weighted by Gasteiger charge is -2.29. The van der Waals surface area contributed by atoms with E-state index in [4.69, 9.17) is 18.1 Å². The smallest absolute Gasteiger partial charge is 0.180 e. The molecule has 0 aromatic heterocycles. The molecule has 0 aromatic carbocycles. The molecule has 0 radical (unpaired) electrons. The predicted molar refractivity (Wildman–Crippen MR) is 61.5 cm³/mol. The Hall–Kier alpha value is -0.350. The zero-order valence-corrected chi connectivity index (χ0v) is 9.44. The highest BCUT2D eigenvalue weighted by atomic mass is 32.1. The molecule has 0 saturated heterocycles. The van der Waals surface area contributed by atoms with Gasteiger partial charge < -0.3 is 10.7 Å². The molecule has 2 fully saturated rings. The molecular weight excluding hydrogens is 194 g/mol. The van der Waals surface area contributed by atoms with Gasteiger partial charge in [-0.1, -0.05) is 6.42 Å². The summed E-state index contributed by atoms with van der Waals surface area (Å²) in [7, 11) is 0. The van der Waals surface area contributed by atoms with Crippen molar-refractivity contribution in [1.29, 1.82) is 0 Å². The van der Waals surface area contributed by atoms with Gasteiger partial charge in [-0.05, 0) is 56.2 Å². The Kier molecular flexibility index (Phi) is 2.93. The van der Waals surface area contributed by atoms with Gasteiger partial charge in [-0.2, -0.15) is 0 Å².